The molecule has 9 N–H and O–H groups in total. The number of nitrogens with zero attached hydrogens (tertiary/aromatic N) is 1. The predicted octanol–water partition coefficient (Wildman–Crippen LogP) is 2.88. The maximum Gasteiger partial charge on any atom is 0.407 e. The highest BCUT2D eigenvalue weighted by molar-refractivity contribution is 5.87. The van der Waals surface area contributed by atoms with Crippen molar-refractivity contribution < 1.29 is 85.6 Å². The summed E-state index contributed by atoms with van der Waals surface area (Å²) in [5.74, 6) is -0.769. The van der Waals surface area contributed by atoms with Crippen molar-refractivity contribution in [1.82, 2.24) is 36.6 Å². The summed E-state index contributed by atoms with van der Waals surface area (Å²) >= 11 is 0. The fourth-order valence-electron chi connectivity index (χ4n) is 7.12. The van der Waals surface area contributed by atoms with Crippen molar-refractivity contribution in [3.63, 3.8) is 0 Å². The van der Waals surface area contributed by atoms with Crippen molar-refractivity contribution in [2.24, 2.45) is 5.73 Å². The highest BCUT2D eigenvalue weighted by Crippen LogP contribution is 2.10. The lowest BCUT2D eigenvalue weighted by atomic mass is 10.1. The van der Waals surface area contributed by atoms with E-state index in [0.717, 1.165) is 64.2 Å². The number of unbranched alkanes of at least 4 members (excludes halogenated alkanes) is 12. The SMILES string of the molecule is Cc1cc(=O)nc(NC(=O)NCCCCCCNC(=O)NCCCCCCCCCCCCNC(=O)OCCOCCOCCOCCOCCOCCOCCOCCOCCOCCOCCOCCOCCC(=O)NCC(N)=O)[nH]1. The van der Waals surface area contributed by atoms with E-state index in [-0.39, 0.29) is 44.1 Å². The molecule has 0 atom stereocenters. The first-order chi connectivity index (χ1) is 40.7. The van der Waals surface area contributed by atoms with Gasteiger partial charge in [0.1, 0.15) is 6.61 Å². The second-order valence-corrected chi connectivity index (χ2v) is 18.7. The topological polar surface area (TPSA) is 349 Å². The Bertz CT molecular complexity index is 1760. The average Bonchev–Trinajstić information content (AvgIpc) is 3.48. The molecule has 482 valence electrons. The Kier molecular flexibility index (Phi) is 55.3. The molecule has 83 heavy (non-hydrogen) atoms. The van der Waals surface area contributed by atoms with Gasteiger partial charge in [0.25, 0.3) is 5.56 Å². The fourth-order valence-corrected chi connectivity index (χ4v) is 7.12. The third kappa shape index (κ3) is 58.7. The smallest absolute Gasteiger partial charge is 0.407 e. The zero-order chi connectivity index (χ0) is 60.0. The number of ether oxygens (including phenoxy) is 13. The third-order valence-corrected chi connectivity index (χ3v) is 11.4. The second-order valence-electron chi connectivity index (χ2n) is 18.7. The van der Waals surface area contributed by atoms with E-state index in [1.165, 1.54) is 31.7 Å². The van der Waals surface area contributed by atoms with Gasteiger partial charge in [-0.15, -0.1) is 0 Å². The van der Waals surface area contributed by atoms with E-state index in [0.29, 0.717) is 184 Å². The number of nitrogens with two attached hydrogens (primary N) is 1. The number of primary amides is 1. The minimum absolute atomic E-state index is 0.117. The zero-order valence-corrected chi connectivity index (χ0v) is 49.7. The molecule has 0 fully saturated rings. The molecule has 0 aliphatic heterocycles. The van der Waals surface area contributed by atoms with E-state index in [1.54, 1.807) is 6.92 Å². The molecular weight excluding hydrogens is 1090 g/mol. The van der Waals surface area contributed by atoms with Crippen LogP contribution in [0.15, 0.2) is 10.9 Å². The Labute approximate surface area is 491 Å². The molecule has 28 nitrogen and oxygen atoms in total. The Morgan fingerprint density at radius 3 is 1.05 bits per heavy atom. The molecule has 0 unspecified atom stereocenters. The highest BCUT2D eigenvalue weighted by Gasteiger charge is 2.07. The van der Waals surface area contributed by atoms with Gasteiger partial charge in [0.15, 0.2) is 0 Å². The monoisotopic (exact) mass is 1190 g/mol. The summed E-state index contributed by atoms with van der Waals surface area (Å²) in [7, 11) is 0. The van der Waals surface area contributed by atoms with Crippen LogP contribution in [0.3, 0.4) is 0 Å². The summed E-state index contributed by atoms with van der Waals surface area (Å²) in [6, 6.07) is 0.800. The number of hydrogen-bond donors (Lipinski definition) is 8. The predicted molar refractivity (Wildman–Crippen MR) is 309 cm³/mol. The van der Waals surface area contributed by atoms with E-state index < -0.39 is 23.6 Å². The van der Waals surface area contributed by atoms with Crippen LogP contribution in [0.1, 0.15) is 102 Å². The highest BCUT2D eigenvalue weighted by atomic mass is 16.6. The lowest BCUT2D eigenvalue weighted by Gasteiger charge is -2.09. The Morgan fingerprint density at radius 1 is 0.410 bits per heavy atom. The zero-order valence-electron chi connectivity index (χ0n) is 49.7. The summed E-state index contributed by atoms with van der Waals surface area (Å²) in [5.41, 5.74) is 5.16. The van der Waals surface area contributed by atoms with Crippen molar-refractivity contribution in [3.05, 3.63) is 22.1 Å². The molecule has 0 aromatic carbocycles. The standard InChI is InChI=1S/C55H103N9O19/c1-48-46-51(67)63-52(62-48)64-54(69)59-19-14-11-10-13-18-58-53(68)57-17-12-8-6-4-2-3-5-7-9-15-20-60-55(70)83-45-44-82-43-42-81-41-40-80-39-38-79-37-36-78-35-34-77-33-32-76-31-30-75-29-28-74-27-26-73-25-24-72-23-22-71-21-16-50(66)61-47-49(56)65/h46H,2-45,47H2,1H3,(H2,56,65)(H,60,70)(H,61,66)(H2,57,58,68)(H3,59,62,63,64,67,69). The first-order valence-electron chi connectivity index (χ1n) is 29.7. The molecule has 0 radical (unpaired) electrons. The molecule has 28 heteroatoms. The van der Waals surface area contributed by atoms with Gasteiger partial charge in [-0.3, -0.25) is 19.7 Å². The fraction of sp³-hybridized carbons (Fsp3) is 0.836. The molecule has 7 amide bonds. The summed E-state index contributed by atoms with van der Waals surface area (Å²) in [4.78, 5) is 75.9. The molecule has 1 heterocycles. The number of carbonyl (C=O) groups excluding carboxylic acids is 5. The number of carbonyl (C=O) groups is 5. The van der Waals surface area contributed by atoms with Gasteiger partial charge in [-0.05, 0) is 32.6 Å². The van der Waals surface area contributed by atoms with E-state index >= 15 is 0 Å². The molecule has 0 saturated carbocycles. The van der Waals surface area contributed by atoms with Crippen molar-refractivity contribution in [1.29, 1.82) is 0 Å². The number of anilines is 1. The van der Waals surface area contributed by atoms with Crippen molar-refractivity contribution in [3.8, 4) is 0 Å². The summed E-state index contributed by atoms with van der Waals surface area (Å²) in [6.45, 7) is 14.3. The van der Waals surface area contributed by atoms with Gasteiger partial charge in [-0.2, -0.15) is 4.98 Å². The normalized spacial score (nSPS) is 11.1. The van der Waals surface area contributed by atoms with Crippen molar-refractivity contribution >= 4 is 35.9 Å². The van der Waals surface area contributed by atoms with Gasteiger partial charge in [0.2, 0.25) is 17.8 Å². The van der Waals surface area contributed by atoms with Gasteiger partial charge in [0.05, 0.1) is 165 Å². The maximum atomic E-state index is 12.0. The van der Waals surface area contributed by atoms with Crippen LogP contribution in [0.2, 0.25) is 0 Å². The molecule has 1 aromatic rings. The molecule has 0 saturated heterocycles. The number of amides is 7. The number of hydrogen-bond acceptors (Lipinski definition) is 20. The molecule has 0 aliphatic carbocycles. The number of aromatic nitrogens is 2. The Balaban J connectivity index is 1.66. The number of alkyl carbamates (subject to hydrolysis) is 1. The molecule has 0 bridgehead atoms. The lowest BCUT2D eigenvalue weighted by Crippen LogP contribution is -2.36. The lowest BCUT2D eigenvalue weighted by molar-refractivity contribution is -0.125. The van der Waals surface area contributed by atoms with Gasteiger partial charge in [0, 0.05) is 44.4 Å². The number of aromatic amines is 1. The Hall–Kier alpha value is -4.85. The van der Waals surface area contributed by atoms with Gasteiger partial charge in [-0.1, -0.05) is 64.2 Å². The summed E-state index contributed by atoms with van der Waals surface area (Å²) in [6.07, 6.45) is 14.4. The van der Waals surface area contributed by atoms with Crippen molar-refractivity contribution in [2.75, 3.05) is 203 Å². The van der Waals surface area contributed by atoms with Gasteiger partial charge < -0.3 is 98.9 Å². The first-order valence-corrected chi connectivity index (χ1v) is 29.7. The van der Waals surface area contributed by atoms with Crippen LogP contribution in [-0.4, -0.2) is 238 Å². The van der Waals surface area contributed by atoms with E-state index in [9.17, 15) is 28.8 Å². The van der Waals surface area contributed by atoms with Crippen LogP contribution in [0.4, 0.5) is 20.3 Å². The molecule has 0 spiro atoms. The second kappa shape index (κ2) is 60.3. The molecule has 0 aliphatic rings. The van der Waals surface area contributed by atoms with E-state index in [4.69, 9.17) is 67.3 Å². The molecule has 1 rings (SSSR count). The molecule has 1 aromatic heterocycles. The van der Waals surface area contributed by atoms with E-state index in [2.05, 4.69) is 41.9 Å². The minimum Gasteiger partial charge on any atom is -0.447 e. The van der Waals surface area contributed by atoms with Crippen LogP contribution in [0.25, 0.3) is 0 Å². The quantitative estimate of drug-likeness (QED) is 0.0435. The van der Waals surface area contributed by atoms with Crippen LogP contribution < -0.4 is 43.2 Å². The number of H-pyrrole nitrogens is 1. The van der Waals surface area contributed by atoms with E-state index in [1.807, 2.05) is 0 Å². The number of nitrogens with one attached hydrogen (secondary N) is 7. The van der Waals surface area contributed by atoms with Crippen LogP contribution in [0.5, 0.6) is 0 Å². The number of urea groups is 2. The van der Waals surface area contributed by atoms with Gasteiger partial charge in [-0.25, -0.2) is 14.4 Å². The van der Waals surface area contributed by atoms with Crippen LogP contribution in [-0.2, 0) is 71.2 Å². The maximum absolute atomic E-state index is 12.0. The number of aryl methyl sites for hydroxylation is 1. The first kappa shape index (κ1) is 76.2. The van der Waals surface area contributed by atoms with Crippen LogP contribution in [0, 0.1) is 6.92 Å². The summed E-state index contributed by atoms with van der Waals surface area (Å²) < 4.78 is 70.8. The molecular formula is C55H103N9O19. The minimum atomic E-state index is -0.592. The Morgan fingerprint density at radius 2 is 0.711 bits per heavy atom. The van der Waals surface area contributed by atoms with Crippen molar-refractivity contribution in [2.45, 2.75) is 103 Å². The summed E-state index contributed by atoms with van der Waals surface area (Å²) in [5, 5.41) is 16.3. The third-order valence-electron chi connectivity index (χ3n) is 11.4. The van der Waals surface area contributed by atoms with Crippen LogP contribution >= 0.6 is 0 Å². The average molecular weight is 1190 g/mol. The largest absolute Gasteiger partial charge is 0.447 e. The number of rotatable bonds is 62. The van der Waals surface area contributed by atoms with Gasteiger partial charge >= 0.3 is 18.2 Å².